The van der Waals surface area contributed by atoms with Gasteiger partial charge in [0.05, 0.1) is 5.69 Å². The van der Waals surface area contributed by atoms with E-state index in [1.54, 1.807) is 6.20 Å². The summed E-state index contributed by atoms with van der Waals surface area (Å²) in [6.07, 6.45) is 3.36. The van der Waals surface area contributed by atoms with Crippen molar-refractivity contribution in [2.75, 3.05) is 18.4 Å². The molecule has 100 valence electrons. The summed E-state index contributed by atoms with van der Waals surface area (Å²) in [6, 6.07) is 9.69. The van der Waals surface area contributed by atoms with Gasteiger partial charge < -0.3 is 11.1 Å². The van der Waals surface area contributed by atoms with Gasteiger partial charge in [0.2, 0.25) is 5.95 Å². The molecule has 0 unspecified atom stereocenters. The molecule has 3 N–H and O–H groups in total. The van der Waals surface area contributed by atoms with E-state index in [9.17, 15) is 0 Å². The van der Waals surface area contributed by atoms with Crippen molar-refractivity contribution in [2.45, 2.75) is 12.8 Å². The highest BCUT2D eigenvalue weighted by molar-refractivity contribution is 6.31. The number of nitrogens with two attached hydrogens (primary N) is 1. The average molecular weight is 277 g/mol. The number of aromatic nitrogens is 2. The fourth-order valence-corrected chi connectivity index (χ4v) is 1.92. The lowest BCUT2D eigenvalue weighted by Crippen LogP contribution is -2.11. The second kappa shape index (κ2) is 7.07. The zero-order chi connectivity index (χ0) is 13.5. The van der Waals surface area contributed by atoms with E-state index in [1.807, 2.05) is 30.3 Å². The molecule has 0 aliphatic heterocycles. The highest BCUT2D eigenvalue weighted by Crippen LogP contribution is 2.18. The number of benzene rings is 1. The van der Waals surface area contributed by atoms with Gasteiger partial charge in [0, 0.05) is 24.2 Å². The maximum absolute atomic E-state index is 6.14. The molecule has 0 saturated carbocycles. The van der Waals surface area contributed by atoms with Crippen LogP contribution >= 0.6 is 11.6 Å². The second-order valence-corrected chi connectivity index (χ2v) is 4.62. The van der Waals surface area contributed by atoms with Gasteiger partial charge in [-0.2, -0.15) is 0 Å². The number of nitrogens with one attached hydrogen (secondary N) is 1. The summed E-state index contributed by atoms with van der Waals surface area (Å²) in [5.74, 6) is 0.637. The van der Waals surface area contributed by atoms with Crippen LogP contribution in [0, 0.1) is 0 Å². The van der Waals surface area contributed by atoms with E-state index < -0.39 is 0 Å². The molecular formula is C14H17ClN4. The van der Waals surface area contributed by atoms with Gasteiger partial charge in [0.25, 0.3) is 0 Å². The van der Waals surface area contributed by atoms with Crippen molar-refractivity contribution in [1.29, 1.82) is 0 Å². The summed E-state index contributed by atoms with van der Waals surface area (Å²) < 4.78 is 0. The third kappa shape index (κ3) is 4.19. The molecule has 0 fully saturated rings. The van der Waals surface area contributed by atoms with Crippen molar-refractivity contribution in [2.24, 2.45) is 5.73 Å². The van der Waals surface area contributed by atoms with E-state index in [0.717, 1.165) is 29.2 Å². The first-order chi connectivity index (χ1) is 9.29. The van der Waals surface area contributed by atoms with Crippen LogP contribution < -0.4 is 11.1 Å². The van der Waals surface area contributed by atoms with E-state index in [4.69, 9.17) is 17.3 Å². The smallest absolute Gasteiger partial charge is 0.222 e. The van der Waals surface area contributed by atoms with Gasteiger partial charge in [-0.05, 0) is 30.7 Å². The van der Waals surface area contributed by atoms with Crippen LogP contribution in [0.1, 0.15) is 17.7 Å². The second-order valence-electron chi connectivity index (χ2n) is 4.21. The molecule has 4 nitrogen and oxygen atoms in total. The highest BCUT2D eigenvalue weighted by atomic mass is 35.5. The third-order valence-electron chi connectivity index (χ3n) is 2.71. The molecule has 0 atom stereocenters. The molecule has 0 aliphatic rings. The van der Waals surface area contributed by atoms with E-state index in [0.29, 0.717) is 18.9 Å². The normalized spacial score (nSPS) is 10.4. The van der Waals surface area contributed by atoms with Crippen LogP contribution in [0.25, 0.3) is 0 Å². The van der Waals surface area contributed by atoms with Crippen molar-refractivity contribution < 1.29 is 0 Å². The number of rotatable bonds is 6. The molecule has 1 aromatic heterocycles. The molecule has 1 aromatic carbocycles. The minimum Gasteiger partial charge on any atom is -0.354 e. The first-order valence-corrected chi connectivity index (χ1v) is 6.66. The molecule has 19 heavy (non-hydrogen) atoms. The Kier molecular flexibility index (Phi) is 5.12. The summed E-state index contributed by atoms with van der Waals surface area (Å²) in [4.78, 5) is 8.64. The quantitative estimate of drug-likeness (QED) is 0.796. The van der Waals surface area contributed by atoms with Crippen molar-refractivity contribution in [3.8, 4) is 0 Å². The molecular weight excluding hydrogens is 260 g/mol. The molecule has 0 bridgehead atoms. The first kappa shape index (κ1) is 13.8. The molecule has 0 saturated heterocycles. The highest BCUT2D eigenvalue weighted by Gasteiger charge is 2.03. The van der Waals surface area contributed by atoms with Crippen LogP contribution in [-0.4, -0.2) is 23.1 Å². The number of anilines is 1. The summed E-state index contributed by atoms with van der Waals surface area (Å²) in [6.45, 7) is 1.44. The van der Waals surface area contributed by atoms with E-state index in [-0.39, 0.29) is 0 Å². The van der Waals surface area contributed by atoms with Gasteiger partial charge in [-0.15, -0.1) is 0 Å². The Morgan fingerprint density at radius 1 is 1.21 bits per heavy atom. The first-order valence-electron chi connectivity index (χ1n) is 6.29. The van der Waals surface area contributed by atoms with Crippen molar-refractivity contribution in [1.82, 2.24) is 9.97 Å². The fourth-order valence-electron chi connectivity index (χ4n) is 1.72. The molecule has 0 aliphatic carbocycles. The van der Waals surface area contributed by atoms with Gasteiger partial charge in [-0.1, -0.05) is 29.8 Å². The standard InChI is InChI=1S/C14H17ClN4/c15-13-5-2-1-4-11(13)10-12-6-9-18-14(19-12)17-8-3-7-16/h1-2,4-6,9H,3,7-8,10,16H2,(H,17,18,19). The van der Waals surface area contributed by atoms with Gasteiger partial charge >= 0.3 is 0 Å². The lowest BCUT2D eigenvalue weighted by molar-refractivity contribution is 0.860. The Morgan fingerprint density at radius 3 is 2.84 bits per heavy atom. The zero-order valence-corrected chi connectivity index (χ0v) is 11.4. The monoisotopic (exact) mass is 276 g/mol. The number of hydrogen-bond acceptors (Lipinski definition) is 4. The van der Waals surface area contributed by atoms with E-state index in [1.165, 1.54) is 0 Å². The van der Waals surface area contributed by atoms with Gasteiger partial charge in [0.1, 0.15) is 0 Å². The predicted octanol–water partition coefficient (Wildman–Crippen LogP) is 2.48. The lowest BCUT2D eigenvalue weighted by Gasteiger charge is -2.07. The number of hydrogen-bond donors (Lipinski definition) is 2. The minimum absolute atomic E-state index is 0.637. The Morgan fingerprint density at radius 2 is 2.05 bits per heavy atom. The SMILES string of the molecule is NCCCNc1nccc(Cc2ccccc2Cl)n1. The van der Waals surface area contributed by atoms with Crippen LogP contribution in [0.5, 0.6) is 0 Å². The lowest BCUT2D eigenvalue weighted by atomic mass is 10.1. The molecule has 2 rings (SSSR count). The predicted molar refractivity (Wildman–Crippen MR) is 78.5 cm³/mol. The molecule has 5 heteroatoms. The zero-order valence-electron chi connectivity index (χ0n) is 10.6. The van der Waals surface area contributed by atoms with Crippen LogP contribution in [0.2, 0.25) is 5.02 Å². The summed E-state index contributed by atoms with van der Waals surface area (Å²) >= 11 is 6.14. The number of nitrogens with zero attached hydrogens (tertiary/aromatic N) is 2. The summed E-state index contributed by atoms with van der Waals surface area (Å²) in [7, 11) is 0. The van der Waals surface area contributed by atoms with Crippen molar-refractivity contribution in [3.63, 3.8) is 0 Å². The topological polar surface area (TPSA) is 63.8 Å². The van der Waals surface area contributed by atoms with Crippen LogP contribution in [0.3, 0.4) is 0 Å². The van der Waals surface area contributed by atoms with Crippen molar-refractivity contribution in [3.05, 3.63) is 52.8 Å². The van der Waals surface area contributed by atoms with Crippen LogP contribution in [-0.2, 0) is 6.42 Å². The Bertz CT molecular complexity index is 530. The molecule has 0 spiro atoms. The molecule has 0 amide bonds. The number of halogens is 1. The summed E-state index contributed by atoms with van der Waals surface area (Å²) in [5.41, 5.74) is 7.45. The minimum atomic E-state index is 0.637. The molecule has 1 heterocycles. The van der Waals surface area contributed by atoms with Crippen LogP contribution in [0.4, 0.5) is 5.95 Å². The third-order valence-corrected chi connectivity index (χ3v) is 3.08. The maximum atomic E-state index is 6.14. The van der Waals surface area contributed by atoms with Crippen LogP contribution in [0.15, 0.2) is 36.5 Å². The Labute approximate surface area is 118 Å². The van der Waals surface area contributed by atoms with Crippen molar-refractivity contribution >= 4 is 17.5 Å². The van der Waals surface area contributed by atoms with Gasteiger partial charge in [-0.3, -0.25) is 0 Å². The molecule has 2 aromatic rings. The fraction of sp³-hybridized carbons (Fsp3) is 0.286. The van der Waals surface area contributed by atoms with E-state index in [2.05, 4.69) is 15.3 Å². The van der Waals surface area contributed by atoms with Gasteiger partial charge in [0.15, 0.2) is 0 Å². The molecule has 0 radical (unpaired) electrons. The Balaban J connectivity index is 2.05. The largest absolute Gasteiger partial charge is 0.354 e. The average Bonchev–Trinajstić information content (AvgIpc) is 2.42. The maximum Gasteiger partial charge on any atom is 0.222 e. The Hall–Kier alpha value is -1.65. The van der Waals surface area contributed by atoms with E-state index >= 15 is 0 Å². The van der Waals surface area contributed by atoms with Gasteiger partial charge in [-0.25, -0.2) is 9.97 Å². The summed E-state index contributed by atoms with van der Waals surface area (Å²) in [5, 5.41) is 3.91.